The van der Waals surface area contributed by atoms with Crippen molar-refractivity contribution in [2.75, 3.05) is 6.61 Å². The number of hydrogen-bond donors (Lipinski definition) is 1. The molecule has 4 heteroatoms. The van der Waals surface area contributed by atoms with Crippen molar-refractivity contribution in [1.82, 2.24) is 0 Å². The van der Waals surface area contributed by atoms with E-state index in [0.29, 0.717) is 0 Å². The number of alkyl halides is 1. The molecule has 0 aromatic carbocycles. The number of halogens is 1. The fraction of sp³-hybridized carbons (Fsp3) is 0.857. The number of aliphatic hydroxyl groups is 1. The van der Waals surface area contributed by atoms with E-state index < -0.39 is 17.7 Å². The maximum absolute atomic E-state index is 12.5. The molecular weight excluding hydrogens is 151 g/mol. The summed E-state index contributed by atoms with van der Waals surface area (Å²) in [5.74, 6) is -0.921. The van der Waals surface area contributed by atoms with Crippen molar-refractivity contribution in [3.63, 3.8) is 0 Å². The number of carbonyl (C=O) groups excluding carboxylic acids is 1. The minimum atomic E-state index is -2.02. The summed E-state index contributed by atoms with van der Waals surface area (Å²) < 4.78 is 16.9. The highest BCUT2D eigenvalue weighted by Gasteiger charge is 2.38. The second-order valence-corrected chi connectivity index (χ2v) is 2.48. The largest absolute Gasteiger partial charge is 0.464 e. The number of hydrogen-bond acceptors (Lipinski definition) is 3. The number of rotatable bonds is 3. The quantitative estimate of drug-likeness (QED) is 0.623. The second-order valence-electron chi connectivity index (χ2n) is 2.48. The van der Waals surface area contributed by atoms with Gasteiger partial charge < -0.3 is 9.84 Å². The first-order valence-electron chi connectivity index (χ1n) is 3.46. The van der Waals surface area contributed by atoms with E-state index in [1.165, 1.54) is 0 Å². The van der Waals surface area contributed by atoms with Gasteiger partial charge in [0.15, 0.2) is 5.60 Å². The highest BCUT2D eigenvalue weighted by molar-refractivity contribution is 5.79. The van der Waals surface area contributed by atoms with E-state index in [-0.39, 0.29) is 6.61 Å². The average Bonchev–Trinajstić information content (AvgIpc) is 1.88. The molecule has 1 N–H and O–H groups in total. The molecule has 2 atom stereocenters. The lowest BCUT2D eigenvalue weighted by molar-refractivity contribution is -0.169. The van der Waals surface area contributed by atoms with Crippen LogP contribution in [0, 0.1) is 0 Å². The summed E-state index contributed by atoms with van der Waals surface area (Å²) in [7, 11) is 0. The molecule has 0 fully saturated rings. The molecule has 0 rings (SSSR count). The summed E-state index contributed by atoms with van der Waals surface area (Å²) in [5.41, 5.74) is -2.02. The number of ether oxygens (including phenoxy) is 1. The third-order valence-electron chi connectivity index (χ3n) is 1.46. The lowest BCUT2D eigenvalue weighted by Crippen LogP contribution is -2.44. The van der Waals surface area contributed by atoms with Gasteiger partial charge in [0, 0.05) is 0 Å². The van der Waals surface area contributed by atoms with E-state index in [1.807, 2.05) is 0 Å². The average molecular weight is 164 g/mol. The van der Waals surface area contributed by atoms with E-state index in [1.54, 1.807) is 6.92 Å². The van der Waals surface area contributed by atoms with Crippen LogP contribution in [0.3, 0.4) is 0 Å². The Hall–Kier alpha value is -0.640. The minimum absolute atomic E-state index is 0.141. The van der Waals surface area contributed by atoms with Gasteiger partial charge in [-0.3, -0.25) is 0 Å². The predicted octanol–water partition coefficient (Wildman–Crippen LogP) is 0.658. The molecule has 0 aliphatic rings. The first-order chi connectivity index (χ1) is 4.92. The van der Waals surface area contributed by atoms with E-state index in [2.05, 4.69) is 4.74 Å². The van der Waals surface area contributed by atoms with Gasteiger partial charge in [-0.05, 0) is 20.8 Å². The second kappa shape index (κ2) is 3.67. The van der Waals surface area contributed by atoms with Crippen molar-refractivity contribution in [2.24, 2.45) is 0 Å². The number of esters is 1. The predicted molar refractivity (Wildman–Crippen MR) is 37.8 cm³/mol. The maximum Gasteiger partial charge on any atom is 0.340 e. The molecule has 0 saturated carbocycles. The Balaban J connectivity index is 4.18. The fourth-order valence-corrected chi connectivity index (χ4v) is 0.440. The lowest BCUT2D eigenvalue weighted by atomic mass is 10.0. The standard InChI is InChI=1S/C7H13FO3/c1-4-11-6(9)7(3,10)5(2)8/h5,10H,4H2,1-3H3/t5-,7+/m1/s1. The molecule has 66 valence electrons. The van der Waals surface area contributed by atoms with Crippen LogP contribution in [-0.4, -0.2) is 29.5 Å². The summed E-state index contributed by atoms with van der Waals surface area (Å²) in [6.45, 7) is 3.94. The minimum Gasteiger partial charge on any atom is -0.464 e. The molecule has 0 aromatic heterocycles. The molecule has 0 aliphatic heterocycles. The molecule has 0 unspecified atom stereocenters. The molecule has 0 aliphatic carbocycles. The molecule has 0 heterocycles. The zero-order valence-electron chi connectivity index (χ0n) is 6.93. The topological polar surface area (TPSA) is 46.5 Å². The van der Waals surface area contributed by atoms with Gasteiger partial charge in [-0.25, -0.2) is 9.18 Å². The Morgan fingerprint density at radius 3 is 2.55 bits per heavy atom. The molecule has 0 aromatic rings. The molecule has 0 spiro atoms. The van der Waals surface area contributed by atoms with Gasteiger partial charge in [0.25, 0.3) is 0 Å². The van der Waals surface area contributed by atoms with Gasteiger partial charge in [-0.2, -0.15) is 0 Å². The van der Waals surface area contributed by atoms with Crippen LogP contribution in [0.4, 0.5) is 4.39 Å². The maximum atomic E-state index is 12.5. The van der Waals surface area contributed by atoms with Crippen molar-refractivity contribution in [1.29, 1.82) is 0 Å². The van der Waals surface area contributed by atoms with Gasteiger partial charge in [-0.1, -0.05) is 0 Å². The molecule has 0 saturated heterocycles. The van der Waals surface area contributed by atoms with Crippen LogP contribution in [0.2, 0.25) is 0 Å². The van der Waals surface area contributed by atoms with E-state index in [0.717, 1.165) is 13.8 Å². The molecular formula is C7H13FO3. The van der Waals surface area contributed by atoms with Crippen molar-refractivity contribution in [3.05, 3.63) is 0 Å². The Labute approximate surface area is 65.2 Å². The summed E-state index contributed by atoms with van der Waals surface area (Å²) in [6.07, 6.45) is -1.62. The van der Waals surface area contributed by atoms with E-state index in [4.69, 9.17) is 5.11 Å². The Bertz CT molecular complexity index is 143. The third kappa shape index (κ3) is 2.46. The first kappa shape index (κ1) is 10.4. The molecule has 3 nitrogen and oxygen atoms in total. The Morgan fingerprint density at radius 2 is 2.27 bits per heavy atom. The summed E-state index contributed by atoms with van der Waals surface area (Å²) in [4.78, 5) is 10.8. The van der Waals surface area contributed by atoms with Crippen LogP contribution in [0.25, 0.3) is 0 Å². The van der Waals surface area contributed by atoms with Gasteiger partial charge in [0.1, 0.15) is 6.17 Å². The van der Waals surface area contributed by atoms with E-state index in [9.17, 15) is 9.18 Å². The first-order valence-corrected chi connectivity index (χ1v) is 3.46. The number of carbonyl (C=O) groups is 1. The summed E-state index contributed by atoms with van der Waals surface area (Å²) >= 11 is 0. The van der Waals surface area contributed by atoms with Crippen LogP contribution in [0.15, 0.2) is 0 Å². The molecule has 0 bridgehead atoms. The highest BCUT2D eigenvalue weighted by Crippen LogP contribution is 2.14. The van der Waals surface area contributed by atoms with Crippen LogP contribution < -0.4 is 0 Å². The molecule has 0 amide bonds. The van der Waals surface area contributed by atoms with Gasteiger partial charge in [0.05, 0.1) is 6.61 Å². The third-order valence-corrected chi connectivity index (χ3v) is 1.46. The summed E-state index contributed by atoms with van der Waals surface area (Å²) in [6, 6.07) is 0. The van der Waals surface area contributed by atoms with Crippen molar-refractivity contribution in [3.8, 4) is 0 Å². The normalized spacial score (nSPS) is 18.6. The summed E-state index contributed by atoms with van der Waals surface area (Å²) in [5, 5.41) is 9.14. The van der Waals surface area contributed by atoms with Crippen molar-refractivity contribution in [2.45, 2.75) is 32.5 Å². The molecule has 11 heavy (non-hydrogen) atoms. The molecule has 0 radical (unpaired) electrons. The Kier molecular flexibility index (Phi) is 3.45. The van der Waals surface area contributed by atoms with Gasteiger partial charge >= 0.3 is 5.97 Å². The van der Waals surface area contributed by atoms with Crippen LogP contribution >= 0.6 is 0 Å². The SMILES string of the molecule is CCOC(=O)[C@@](C)(O)[C@@H](C)F. The zero-order valence-corrected chi connectivity index (χ0v) is 6.93. The van der Waals surface area contributed by atoms with Crippen LogP contribution in [-0.2, 0) is 9.53 Å². The van der Waals surface area contributed by atoms with Crippen LogP contribution in [0.5, 0.6) is 0 Å². The zero-order chi connectivity index (χ0) is 9.07. The van der Waals surface area contributed by atoms with Gasteiger partial charge in [-0.15, -0.1) is 0 Å². The highest BCUT2D eigenvalue weighted by atomic mass is 19.1. The van der Waals surface area contributed by atoms with Gasteiger partial charge in [0.2, 0.25) is 0 Å². The van der Waals surface area contributed by atoms with E-state index >= 15 is 0 Å². The smallest absolute Gasteiger partial charge is 0.340 e. The van der Waals surface area contributed by atoms with Crippen molar-refractivity contribution < 1.29 is 19.0 Å². The Morgan fingerprint density at radius 1 is 1.82 bits per heavy atom. The lowest BCUT2D eigenvalue weighted by Gasteiger charge is -2.21. The fourth-order valence-electron chi connectivity index (χ4n) is 0.440. The monoisotopic (exact) mass is 164 g/mol. The van der Waals surface area contributed by atoms with Crippen molar-refractivity contribution >= 4 is 5.97 Å². The van der Waals surface area contributed by atoms with Crippen LogP contribution in [0.1, 0.15) is 20.8 Å².